The number of nitrogens with one attached hydrogen (secondary N) is 1. The molecule has 0 saturated heterocycles. The van der Waals surface area contributed by atoms with Crippen molar-refractivity contribution in [2.75, 3.05) is 6.61 Å². The van der Waals surface area contributed by atoms with Gasteiger partial charge < -0.3 is 10.4 Å². The molecule has 0 aromatic carbocycles. The second-order valence-corrected chi connectivity index (χ2v) is 6.01. The Balaban J connectivity index is 1.84. The molecule has 3 atom stereocenters. The van der Waals surface area contributed by atoms with Gasteiger partial charge in [-0.05, 0) is 37.0 Å². The van der Waals surface area contributed by atoms with Crippen LogP contribution in [0.15, 0.2) is 0 Å². The van der Waals surface area contributed by atoms with Gasteiger partial charge in [0.2, 0.25) is 5.91 Å². The maximum atomic E-state index is 12.2. The van der Waals surface area contributed by atoms with Crippen molar-refractivity contribution in [3.05, 3.63) is 0 Å². The topological polar surface area (TPSA) is 49.3 Å². The van der Waals surface area contributed by atoms with E-state index >= 15 is 0 Å². The van der Waals surface area contributed by atoms with Gasteiger partial charge in [0.15, 0.2) is 0 Å². The fourth-order valence-electron chi connectivity index (χ4n) is 3.37. The van der Waals surface area contributed by atoms with Crippen LogP contribution in [-0.2, 0) is 4.79 Å². The summed E-state index contributed by atoms with van der Waals surface area (Å²) >= 11 is 0. The van der Waals surface area contributed by atoms with Crippen molar-refractivity contribution < 1.29 is 9.90 Å². The van der Waals surface area contributed by atoms with E-state index < -0.39 is 0 Å². The number of aliphatic hydroxyl groups is 1. The monoisotopic (exact) mass is 239 g/mol. The van der Waals surface area contributed by atoms with Gasteiger partial charge in [-0.3, -0.25) is 4.79 Å². The SMILES string of the molecule is CC(C)C(CCO)NC(=O)C1C2CCCCC21. The molecule has 0 radical (unpaired) electrons. The van der Waals surface area contributed by atoms with E-state index in [1.165, 1.54) is 25.7 Å². The average molecular weight is 239 g/mol. The van der Waals surface area contributed by atoms with E-state index in [4.69, 9.17) is 5.11 Å². The van der Waals surface area contributed by atoms with Gasteiger partial charge in [-0.2, -0.15) is 0 Å². The molecule has 0 aromatic heterocycles. The molecule has 3 heteroatoms. The van der Waals surface area contributed by atoms with Crippen LogP contribution in [-0.4, -0.2) is 23.7 Å². The van der Waals surface area contributed by atoms with Gasteiger partial charge in [0.25, 0.3) is 0 Å². The van der Waals surface area contributed by atoms with E-state index in [0.717, 1.165) is 0 Å². The molecule has 3 nitrogen and oxygen atoms in total. The summed E-state index contributed by atoms with van der Waals surface area (Å²) in [6.07, 6.45) is 5.76. The quantitative estimate of drug-likeness (QED) is 0.770. The maximum absolute atomic E-state index is 12.2. The largest absolute Gasteiger partial charge is 0.396 e. The van der Waals surface area contributed by atoms with Gasteiger partial charge in [-0.1, -0.05) is 26.7 Å². The Kier molecular flexibility index (Phi) is 4.08. The van der Waals surface area contributed by atoms with Crippen LogP contribution in [0.25, 0.3) is 0 Å². The number of fused-ring (bicyclic) bond motifs is 1. The summed E-state index contributed by atoms with van der Waals surface area (Å²) in [7, 11) is 0. The summed E-state index contributed by atoms with van der Waals surface area (Å²) < 4.78 is 0. The van der Waals surface area contributed by atoms with Crippen LogP contribution in [0.3, 0.4) is 0 Å². The lowest BCUT2D eigenvalue weighted by Gasteiger charge is -2.21. The Morgan fingerprint density at radius 3 is 2.35 bits per heavy atom. The van der Waals surface area contributed by atoms with Crippen LogP contribution < -0.4 is 5.32 Å². The minimum atomic E-state index is 0.134. The van der Waals surface area contributed by atoms with Crippen molar-refractivity contribution in [1.82, 2.24) is 5.32 Å². The third kappa shape index (κ3) is 2.82. The predicted molar refractivity (Wildman–Crippen MR) is 67.4 cm³/mol. The molecule has 3 unspecified atom stereocenters. The van der Waals surface area contributed by atoms with Crippen molar-refractivity contribution in [3.63, 3.8) is 0 Å². The minimum Gasteiger partial charge on any atom is -0.396 e. The predicted octanol–water partition coefficient (Wildman–Crippen LogP) is 1.95. The molecule has 0 aliphatic heterocycles. The van der Waals surface area contributed by atoms with Crippen molar-refractivity contribution in [1.29, 1.82) is 0 Å². The Morgan fingerprint density at radius 1 is 1.29 bits per heavy atom. The molecule has 2 rings (SSSR count). The third-order valence-electron chi connectivity index (χ3n) is 4.53. The highest BCUT2D eigenvalue weighted by Gasteiger charge is 2.54. The zero-order valence-electron chi connectivity index (χ0n) is 11.0. The first-order valence-electron chi connectivity index (χ1n) is 7.06. The highest BCUT2D eigenvalue weighted by molar-refractivity contribution is 5.82. The minimum absolute atomic E-state index is 0.134. The lowest BCUT2D eigenvalue weighted by Crippen LogP contribution is -2.40. The van der Waals surface area contributed by atoms with Gasteiger partial charge >= 0.3 is 0 Å². The van der Waals surface area contributed by atoms with Gasteiger partial charge in [0.05, 0.1) is 0 Å². The Bertz CT molecular complexity index is 265. The number of hydrogen-bond donors (Lipinski definition) is 2. The summed E-state index contributed by atoms with van der Waals surface area (Å²) in [4.78, 5) is 12.2. The highest BCUT2D eigenvalue weighted by atomic mass is 16.3. The van der Waals surface area contributed by atoms with Gasteiger partial charge in [0.1, 0.15) is 0 Å². The molecule has 1 amide bonds. The van der Waals surface area contributed by atoms with E-state index in [9.17, 15) is 4.79 Å². The molecular weight excluding hydrogens is 214 g/mol. The molecule has 0 spiro atoms. The lowest BCUT2D eigenvalue weighted by atomic mass is 10.0. The third-order valence-corrected chi connectivity index (χ3v) is 4.53. The molecule has 2 aliphatic rings. The molecule has 17 heavy (non-hydrogen) atoms. The van der Waals surface area contributed by atoms with Gasteiger partial charge in [0, 0.05) is 18.6 Å². The highest BCUT2D eigenvalue weighted by Crippen LogP contribution is 2.55. The zero-order chi connectivity index (χ0) is 12.4. The van der Waals surface area contributed by atoms with Crippen LogP contribution >= 0.6 is 0 Å². The van der Waals surface area contributed by atoms with E-state index in [-0.39, 0.29) is 24.5 Å². The second kappa shape index (κ2) is 5.38. The number of rotatable bonds is 5. The fourth-order valence-corrected chi connectivity index (χ4v) is 3.37. The molecule has 2 aliphatic carbocycles. The number of hydrogen-bond acceptors (Lipinski definition) is 2. The maximum Gasteiger partial charge on any atom is 0.223 e. The first-order chi connectivity index (χ1) is 8.15. The first-order valence-corrected chi connectivity index (χ1v) is 7.06. The molecule has 2 fully saturated rings. The summed E-state index contributed by atoms with van der Waals surface area (Å²) in [5, 5.41) is 12.1. The van der Waals surface area contributed by atoms with E-state index in [2.05, 4.69) is 19.2 Å². The van der Waals surface area contributed by atoms with Crippen molar-refractivity contribution in [3.8, 4) is 0 Å². The van der Waals surface area contributed by atoms with Crippen molar-refractivity contribution >= 4 is 5.91 Å². The summed E-state index contributed by atoms with van der Waals surface area (Å²) in [5.74, 6) is 2.27. The van der Waals surface area contributed by atoms with Crippen LogP contribution in [0, 0.1) is 23.7 Å². The average Bonchev–Trinajstić information content (AvgIpc) is 3.02. The van der Waals surface area contributed by atoms with Crippen molar-refractivity contribution in [2.45, 2.75) is 52.0 Å². The second-order valence-electron chi connectivity index (χ2n) is 6.01. The number of aliphatic hydroxyl groups excluding tert-OH is 1. The number of carbonyl (C=O) groups excluding carboxylic acids is 1. The Hall–Kier alpha value is -0.570. The van der Waals surface area contributed by atoms with E-state index in [1.807, 2.05) is 0 Å². The van der Waals surface area contributed by atoms with E-state index in [0.29, 0.717) is 24.2 Å². The van der Waals surface area contributed by atoms with Crippen LogP contribution in [0.5, 0.6) is 0 Å². The standard InChI is InChI=1S/C14H25NO2/c1-9(2)12(7-8-16)15-14(17)13-10-5-3-4-6-11(10)13/h9-13,16H,3-8H2,1-2H3,(H,15,17). The van der Waals surface area contributed by atoms with Crippen LogP contribution in [0.1, 0.15) is 46.0 Å². The van der Waals surface area contributed by atoms with E-state index in [1.54, 1.807) is 0 Å². The number of amides is 1. The van der Waals surface area contributed by atoms with Crippen molar-refractivity contribution in [2.24, 2.45) is 23.7 Å². The summed E-state index contributed by atoms with van der Waals surface area (Å²) in [5.41, 5.74) is 0. The zero-order valence-corrected chi connectivity index (χ0v) is 11.0. The number of carbonyl (C=O) groups is 1. The fraction of sp³-hybridized carbons (Fsp3) is 0.929. The Morgan fingerprint density at radius 2 is 1.88 bits per heavy atom. The molecule has 2 N–H and O–H groups in total. The van der Waals surface area contributed by atoms with Crippen LogP contribution in [0.4, 0.5) is 0 Å². The normalized spacial score (nSPS) is 33.1. The summed E-state index contributed by atoms with van der Waals surface area (Å²) in [6, 6.07) is 0.134. The molecule has 2 saturated carbocycles. The smallest absolute Gasteiger partial charge is 0.223 e. The first kappa shape index (κ1) is 12.9. The van der Waals surface area contributed by atoms with Gasteiger partial charge in [-0.15, -0.1) is 0 Å². The Labute approximate surface area is 104 Å². The van der Waals surface area contributed by atoms with Gasteiger partial charge in [-0.25, -0.2) is 0 Å². The lowest BCUT2D eigenvalue weighted by molar-refractivity contribution is -0.124. The van der Waals surface area contributed by atoms with Crippen LogP contribution in [0.2, 0.25) is 0 Å². The molecule has 0 heterocycles. The molecule has 98 valence electrons. The molecule has 0 bridgehead atoms. The molecule has 0 aromatic rings. The molecular formula is C14H25NO2. The summed E-state index contributed by atoms with van der Waals surface area (Å²) in [6.45, 7) is 4.35.